The van der Waals surface area contributed by atoms with Gasteiger partial charge < -0.3 is 4.90 Å². The number of amides is 1. The van der Waals surface area contributed by atoms with Crippen molar-refractivity contribution in [1.82, 2.24) is 9.80 Å². The predicted molar refractivity (Wildman–Crippen MR) is 137 cm³/mol. The molecule has 0 radical (unpaired) electrons. The Bertz CT molecular complexity index is 962. The van der Waals surface area contributed by atoms with E-state index in [1.54, 1.807) is 26.4 Å². The highest BCUT2D eigenvalue weighted by molar-refractivity contribution is 9.11. The number of hydrogen-bond donors (Lipinski definition) is 0. The first kappa shape index (κ1) is 25.9. The molecule has 1 aromatic rings. The second-order valence-electron chi connectivity index (χ2n) is 8.29. The number of nitrogens with zero attached hydrogens (tertiary/aromatic N) is 3. The lowest BCUT2D eigenvalue weighted by Gasteiger charge is -2.30. The normalized spacial score (nSPS) is 17.2. The Morgan fingerprint density at radius 2 is 2.00 bits per heavy atom. The van der Waals surface area contributed by atoms with Crippen molar-refractivity contribution in [2.24, 2.45) is 4.99 Å². The van der Waals surface area contributed by atoms with Crippen LogP contribution in [0.2, 0.25) is 0 Å². The number of carbonyl (C=O) groups is 1. The standard InChI is InChI=1S/C26H33BrFN3O/c1-18-16-23(26(32)30(5)6)17-24(28)25(18)22-11-14-31(15-12-22)21(4)9-7-8-20(3)29-13-10-19(2)27/h7-11,13,16-17,21H,12,14-15H2,1-6H3/b9-7+,19-10+,20-8+,29-13+. The minimum Gasteiger partial charge on any atom is -0.345 e. The summed E-state index contributed by atoms with van der Waals surface area (Å²) in [6.45, 7) is 9.57. The topological polar surface area (TPSA) is 35.9 Å². The smallest absolute Gasteiger partial charge is 0.253 e. The lowest BCUT2D eigenvalue weighted by Crippen LogP contribution is -2.35. The molecule has 32 heavy (non-hydrogen) atoms. The highest BCUT2D eigenvalue weighted by atomic mass is 79.9. The van der Waals surface area contributed by atoms with Crippen LogP contribution in [0.4, 0.5) is 4.39 Å². The summed E-state index contributed by atoms with van der Waals surface area (Å²) in [5.41, 5.74) is 3.76. The van der Waals surface area contributed by atoms with Crippen LogP contribution in [0.25, 0.3) is 5.57 Å². The summed E-state index contributed by atoms with van der Waals surface area (Å²) >= 11 is 3.37. The largest absolute Gasteiger partial charge is 0.345 e. The molecule has 1 atom stereocenters. The molecule has 4 nitrogen and oxygen atoms in total. The van der Waals surface area contributed by atoms with E-state index in [1.165, 1.54) is 11.0 Å². The number of hydrogen-bond acceptors (Lipinski definition) is 3. The number of aliphatic imine (C=N–C) groups is 1. The molecule has 1 aromatic carbocycles. The molecule has 0 fully saturated rings. The van der Waals surface area contributed by atoms with Crippen molar-refractivity contribution in [3.05, 3.63) is 75.2 Å². The van der Waals surface area contributed by atoms with Gasteiger partial charge in [-0.1, -0.05) is 34.2 Å². The van der Waals surface area contributed by atoms with Crippen LogP contribution in [0.1, 0.15) is 48.7 Å². The van der Waals surface area contributed by atoms with Gasteiger partial charge in [-0.2, -0.15) is 0 Å². The van der Waals surface area contributed by atoms with Crippen LogP contribution in [0.3, 0.4) is 0 Å². The van der Waals surface area contributed by atoms with Crippen LogP contribution in [0, 0.1) is 12.7 Å². The lowest BCUT2D eigenvalue weighted by molar-refractivity contribution is 0.0827. The monoisotopic (exact) mass is 501 g/mol. The molecule has 1 aliphatic rings. The Balaban J connectivity index is 2.05. The third kappa shape index (κ3) is 7.38. The van der Waals surface area contributed by atoms with Crippen molar-refractivity contribution in [2.75, 3.05) is 27.2 Å². The summed E-state index contributed by atoms with van der Waals surface area (Å²) in [4.78, 5) is 20.3. The second kappa shape index (κ2) is 12.1. The van der Waals surface area contributed by atoms with Crippen molar-refractivity contribution in [2.45, 2.75) is 40.2 Å². The second-order valence-corrected chi connectivity index (χ2v) is 9.54. The molecule has 0 spiro atoms. The van der Waals surface area contributed by atoms with E-state index in [1.807, 2.05) is 39.0 Å². The van der Waals surface area contributed by atoms with Gasteiger partial charge >= 0.3 is 0 Å². The van der Waals surface area contributed by atoms with Crippen LogP contribution < -0.4 is 0 Å². The van der Waals surface area contributed by atoms with Gasteiger partial charge in [-0.3, -0.25) is 14.7 Å². The summed E-state index contributed by atoms with van der Waals surface area (Å²) in [5.74, 6) is -0.512. The van der Waals surface area contributed by atoms with Gasteiger partial charge in [0, 0.05) is 56.3 Å². The zero-order chi connectivity index (χ0) is 23.8. The molecule has 172 valence electrons. The van der Waals surface area contributed by atoms with Gasteiger partial charge in [0.25, 0.3) is 5.91 Å². The van der Waals surface area contributed by atoms with Gasteiger partial charge in [-0.05, 0) is 74.0 Å². The van der Waals surface area contributed by atoms with E-state index in [9.17, 15) is 9.18 Å². The van der Waals surface area contributed by atoms with E-state index in [2.05, 4.69) is 44.9 Å². The third-order valence-electron chi connectivity index (χ3n) is 5.39. The van der Waals surface area contributed by atoms with Crippen molar-refractivity contribution in [3.8, 4) is 0 Å². The molecular formula is C26H33BrFN3O. The van der Waals surface area contributed by atoms with E-state index in [4.69, 9.17) is 0 Å². The maximum Gasteiger partial charge on any atom is 0.253 e. The Hall–Kier alpha value is -2.31. The van der Waals surface area contributed by atoms with Crippen LogP contribution in [0.5, 0.6) is 0 Å². The third-order valence-corrected chi connectivity index (χ3v) is 5.65. The number of allylic oxidation sites excluding steroid dienone is 5. The molecule has 0 saturated carbocycles. The molecule has 0 bridgehead atoms. The first-order chi connectivity index (χ1) is 15.1. The molecule has 1 amide bonds. The van der Waals surface area contributed by atoms with Crippen molar-refractivity contribution >= 4 is 33.6 Å². The average Bonchev–Trinajstić information content (AvgIpc) is 2.72. The molecule has 1 unspecified atom stereocenters. The molecule has 0 saturated heterocycles. The van der Waals surface area contributed by atoms with Crippen molar-refractivity contribution in [1.29, 1.82) is 0 Å². The molecule has 0 N–H and O–H groups in total. The molecule has 2 rings (SSSR count). The first-order valence-electron chi connectivity index (χ1n) is 10.8. The lowest BCUT2D eigenvalue weighted by atomic mass is 9.93. The number of benzene rings is 1. The van der Waals surface area contributed by atoms with Gasteiger partial charge in [0.2, 0.25) is 0 Å². The van der Waals surface area contributed by atoms with E-state index >= 15 is 0 Å². The van der Waals surface area contributed by atoms with E-state index in [0.29, 0.717) is 11.1 Å². The zero-order valence-electron chi connectivity index (χ0n) is 19.8. The predicted octanol–water partition coefficient (Wildman–Crippen LogP) is 6.14. The fourth-order valence-electron chi connectivity index (χ4n) is 3.59. The van der Waals surface area contributed by atoms with E-state index in [-0.39, 0.29) is 17.8 Å². The Kier molecular flexibility index (Phi) is 9.79. The average molecular weight is 502 g/mol. The summed E-state index contributed by atoms with van der Waals surface area (Å²) in [6, 6.07) is 3.40. The summed E-state index contributed by atoms with van der Waals surface area (Å²) < 4.78 is 15.9. The van der Waals surface area contributed by atoms with Gasteiger partial charge in [0.1, 0.15) is 5.82 Å². The maximum atomic E-state index is 14.9. The van der Waals surface area contributed by atoms with Crippen LogP contribution >= 0.6 is 15.9 Å². The highest BCUT2D eigenvalue weighted by Crippen LogP contribution is 2.29. The Labute approximate surface area is 200 Å². The molecule has 1 heterocycles. The zero-order valence-corrected chi connectivity index (χ0v) is 21.4. The fraction of sp³-hybridized carbons (Fsp3) is 0.385. The van der Waals surface area contributed by atoms with Crippen LogP contribution in [-0.2, 0) is 0 Å². The van der Waals surface area contributed by atoms with Crippen molar-refractivity contribution < 1.29 is 9.18 Å². The number of aryl methyl sites for hydroxylation is 1. The van der Waals surface area contributed by atoms with Crippen LogP contribution in [-0.4, -0.2) is 55.1 Å². The highest BCUT2D eigenvalue weighted by Gasteiger charge is 2.21. The van der Waals surface area contributed by atoms with Crippen LogP contribution in [0.15, 0.2) is 57.7 Å². The molecule has 0 aromatic heterocycles. The van der Waals surface area contributed by atoms with Gasteiger partial charge in [0.15, 0.2) is 0 Å². The minimum absolute atomic E-state index is 0.187. The quantitative estimate of drug-likeness (QED) is 0.332. The molecular weight excluding hydrogens is 469 g/mol. The summed E-state index contributed by atoms with van der Waals surface area (Å²) in [6.07, 6.45) is 12.7. The number of halogens is 2. The number of rotatable bonds is 7. The van der Waals surface area contributed by atoms with Gasteiger partial charge in [0.05, 0.1) is 0 Å². The molecule has 0 aliphatic carbocycles. The Morgan fingerprint density at radius 3 is 2.56 bits per heavy atom. The van der Waals surface area contributed by atoms with E-state index < -0.39 is 0 Å². The first-order valence-corrected chi connectivity index (χ1v) is 11.6. The summed E-state index contributed by atoms with van der Waals surface area (Å²) in [5, 5.41) is 0. The summed E-state index contributed by atoms with van der Waals surface area (Å²) in [7, 11) is 3.34. The maximum absolute atomic E-state index is 14.9. The Morgan fingerprint density at radius 1 is 1.28 bits per heavy atom. The molecule has 6 heteroatoms. The van der Waals surface area contributed by atoms with E-state index in [0.717, 1.165) is 40.8 Å². The number of carbonyl (C=O) groups excluding carboxylic acids is 1. The SMILES string of the molecule is C\C(Br)=C/C=N/C(C)=C/C=C/C(C)N1CC=C(c2c(C)cc(C(=O)N(C)C)cc2F)CC1. The van der Waals surface area contributed by atoms with Crippen molar-refractivity contribution in [3.63, 3.8) is 0 Å². The minimum atomic E-state index is -0.325. The van der Waals surface area contributed by atoms with Gasteiger partial charge in [-0.25, -0.2) is 4.39 Å². The molecule has 1 aliphatic heterocycles. The fourth-order valence-corrected chi connectivity index (χ4v) is 3.71. The van der Waals surface area contributed by atoms with Gasteiger partial charge in [-0.15, -0.1) is 0 Å².